The Balaban J connectivity index is 1.54. The number of nitrogens with one attached hydrogen (secondary N) is 3. The van der Waals surface area contributed by atoms with Crippen LogP contribution in [0.15, 0.2) is 78.0 Å². The highest BCUT2D eigenvalue weighted by Crippen LogP contribution is 2.26. The minimum absolute atomic E-state index is 0.0475. The Kier molecular flexibility index (Phi) is 8.29. The summed E-state index contributed by atoms with van der Waals surface area (Å²) in [6.07, 6.45) is 2.80. The highest BCUT2D eigenvalue weighted by molar-refractivity contribution is 6.41. The van der Waals surface area contributed by atoms with Crippen LogP contribution in [0.4, 0.5) is 10.1 Å². The second-order valence-electron chi connectivity index (χ2n) is 8.10. The number of amides is 2. The van der Waals surface area contributed by atoms with Gasteiger partial charge in [0.05, 0.1) is 29.2 Å². The summed E-state index contributed by atoms with van der Waals surface area (Å²) < 4.78 is 15.8. The van der Waals surface area contributed by atoms with Gasteiger partial charge >= 0.3 is 0 Å². The van der Waals surface area contributed by atoms with Gasteiger partial charge in [0.15, 0.2) is 0 Å². The van der Waals surface area contributed by atoms with Crippen molar-refractivity contribution in [3.8, 4) is 11.3 Å². The van der Waals surface area contributed by atoms with Gasteiger partial charge < -0.3 is 10.6 Å². The average Bonchev–Trinajstić information content (AvgIpc) is 3.33. The highest BCUT2D eigenvalue weighted by atomic mass is 35.5. The molecule has 12 heteroatoms. The van der Waals surface area contributed by atoms with E-state index >= 15 is 0 Å². The molecule has 4 rings (SSSR count). The van der Waals surface area contributed by atoms with Crippen LogP contribution in [0.1, 0.15) is 22.5 Å². The predicted molar refractivity (Wildman–Crippen MR) is 141 cm³/mol. The number of hydrogen-bond donors (Lipinski definition) is 3. The van der Waals surface area contributed by atoms with Gasteiger partial charge in [0.25, 0.3) is 11.8 Å². The number of hydrogen-bond acceptors (Lipinski definition) is 7. The van der Waals surface area contributed by atoms with E-state index in [0.29, 0.717) is 16.9 Å². The third kappa shape index (κ3) is 6.71. The molecule has 0 saturated heterocycles. The lowest BCUT2D eigenvalue weighted by atomic mass is 10.1. The van der Waals surface area contributed by atoms with Crippen LogP contribution in [0.5, 0.6) is 0 Å². The van der Waals surface area contributed by atoms with Crippen molar-refractivity contribution < 1.29 is 14.0 Å². The monoisotopic (exact) mass is 532 g/mol. The van der Waals surface area contributed by atoms with Crippen LogP contribution in [0.3, 0.4) is 0 Å². The number of pyridine rings is 1. The minimum Gasteiger partial charge on any atom is -0.345 e. The number of aryl methyl sites for hydroxylation is 1. The van der Waals surface area contributed by atoms with Crippen molar-refractivity contribution >= 4 is 40.6 Å². The first-order chi connectivity index (χ1) is 18.3. The van der Waals surface area contributed by atoms with Crippen molar-refractivity contribution in [3.63, 3.8) is 0 Å². The Hall–Kier alpha value is -4.77. The molecule has 38 heavy (non-hydrogen) atoms. The summed E-state index contributed by atoms with van der Waals surface area (Å²) in [6.45, 7) is 0.0824. The predicted octanol–water partition coefficient (Wildman–Crippen LogP) is 3.86. The second kappa shape index (κ2) is 12.0. The number of benzene rings is 2. The number of para-hydroxylation sites is 1. The standard InChI is InChI=1S/C26H22ClFN8O2/c1-36-15-18(34-35-36)14-31-26(38)22(29)13-23(32-17-6-3-2-4-7-17)33-25(37)19-12-16(9-10-20(19)27)24-21(28)8-5-11-30-24/h2-12,15,29H,13-14H2,1H3,(H,31,38)(H,32,33,37). The van der Waals surface area contributed by atoms with Crippen LogP contribution < -0.4 is 10.6 Å². The fourth-order valence-electron chi connectivity index (χ4n) is 3.41. The first-order valence-electron chi connectivity index (χ1n) is 11.4. The Morgan fingerprint density at radius 2 is 1.92 bits per heavy atom. The summed E-state index contributed by atoms with van der Waals surface area (Å²) in [5, 5.41) is 21.3. The van der Waals surface area contributed by atoms with E-state index in [1.807, 2.05) is 0 Å². The lowest BCUT2D eigenvalue weighted by molar-refractivity contribution is -0.115. The normalized spacial score (nSPS) is 11.2. The Labute approximate surface area is 222 Å². The summed E-state index contributed by atoms with van der Waals surface area (Å²) in [7, 11) is 1.70. The van der Waals surface area contributed by atoms with Crippen molar-refractivity contribution in [2.24, 2.45) is 12.0 Å². The zero-order valence-electron chi connectivity index (χ0n) is 20.2. The van der Waals surface area contributed by atoms with Gasteiger partial charge in [0.1, 0.15) is 28.8 Å². The van der Waals surface area contributed by atoms with Gasteiger partial charge in [-0.3, -0.25) is 24.7 Å². The quantitative estimate of drug-likeness (QED) is 0.234. The molecule has 0 spiro atoms. The van der Waals surface area contributed by atoms with Gasteiger partial charge in [0, 0.05) is 25.0 Å². The van der Waals surface area contributed by atoms with Gasteiger partial charge in [-0.2, -0.15) is 0 Å². The molecule has 0 unspecified atom stereocenters. The van der Waals surface area contributed by atoms with Crippen molar-refractivity contribution in [3.05, 3.63) is 95.2 Å². The van der Waals surface area contributed by atoms with Crippen molar-refractivity contribution in [1.82, 2.24) is 30.6 Å². The number of aromatic nitrogens is 4. The molecule has 3 N–H and O–H groups in total. The molecule has 10 nitrogen and oxygen atoms in total. The number of carbonyl (C=O) groups excluding carboxylic acids is 2. The fourth-order valence-corrected chi connectivity index (χ4v) is 3.62. The van der Waals surface area contributed by atoms with Crippen LogP contribution in [0.25, 0.3) is 11.3 Å². The molecule has 2 heterocycles. The molecular weight excluding hydrogens is 511 g/mol. The molecule has 0 atom stereocenters. The average molecular weight is 533 g/mol. The van der Waals surface area contributed by atoms with E-state index in [1.54, 1.807) is 49.6 Å². The summed E-state index contributed by atoms with van der Waals surface area (Å²) in [5.74, 6) is -1.80. The van der Waals surface area contributed by atoms with E-state index in [0.717, 1.165) is 0 Å². The number of nitrogens with zero attached hydrogens (tertiary/aromatic N) is 5. The van der Waals surface area contributed by atoms with E-state index in [4.69, 9.17) is 17.0 Å². The Morgan fingerprint density at radius 3 is 2.63 bits per heavy atom. The zero-order valence-corrected chi connectivity index (χ0v) is 20.9. The van der Waals surface area contributed by atoms with Crippen LogP contribution in [-0.2, 0) is 18.4 Å². The summed E-state index contributed by atoms with van der Waals surface area (Å²) in [4.78, 5) is 34.2. The van der Waals surface area contributed by atoms with Crippen LogP contribution in [0.2, 0.25) is 5.02 Å². The lowest BCUT2D eigenvalue weighted by Gasteiger charge is -2.12. The largest absolute Gasteiger partial charge is 0.345 e. The number of rotatable bonds is 8. The molecule has 2 aromatic carbocycles. The molecule has 192 valence electrons. The Morgan fingerprint density at radius 1 is 1.13 bits per heavy atom. The van der Waals surface area contributed by atoms with Crippen molar-refractivity contribution in [1.29, 1.82) is 5.41 Å². The van der Waals surface area contributed by atoms with Gasteiger partial charge in [0.2, 0.25) is 0 Å². The molecule has 2 amide bonds. The Bertz CT molecular complexity index is 1520. The molecule has 0 aliphatic rings. The molecule has 0 aliphatic heterocycles. The number of amidine groups is 1. The van der Waals surface area contributed by atoms with Gasteiger partial charge in [-0.25, -0.2) is 9.38 Å². The third-order valence-electron chi connectivity index (χ3n) is 5.22. The topological polar surface area (TPSA) is 138 Å². The molecular formula is C26H22ClFN8O2. The summed E-state index contributed by atoms with van der Waals surface area (Å²) >= 11 is 6.29. The number of halogens is 2. The SMILES string of the molecule is Cn1cc(CNC(=O)C(=N)CC(=Nc2ccccc2)NC(=O)c2cc(-c3ncccc3F)ccc2Cl)nn1. The number of aliphatic imine (C=N–C) groups is 1. The van der Waals surface area contributed by atoms with Crippen LogP contribution >= 0.6 is 11.6 Å². The van der Waals surface area contributed by atoms with E-state index in [1.165, 1.54) is 35.1 Å². The molecule has 0 bridgehead atoms. The maximum atomic E-state index is 14.3. The maximum Gasteiger partial charge on any atom is 0.265 e. The van der Waals surface area contributed by atoms with E-state index in [2.05, 4.69) is 30.9 Å². The first-order valence-corrected chi connectivity index (χ1v) is 11.7. The summed E-state index contributed by atoms with van der Waals surface area (Å²) in [5.41, 5.74) is 1.17. The van der Waals surface area contributed by atoms with Crippen molar-refractivity contribution in [2.45, 2.75) is 13.0 Å². The molecule has 2 aromatic heterocycles. The molecule has 4 aromatic rings. The van der Waals surface area contributed by atoms with E-state index in [9.17, 15) is 14.0 Å². The summed E-state index contributed by atoms with van der Waals surface area (Å²) in [6, 6.07) is 15.9. The first kappa shape index (κ1) is 26.3. The molecule has 0 fully saturated rings. The van der Waals surface area contributed by atoms with Crippen LogP contribution in [0, 0.1) is 11.2 Å². The lowest BCUT2D eigenvalue weighted by Crippen LogP contribution is -2.37. The fraction of sp³-hybridized carbons (Fsp3) is 0.115. The van der Waals surface area contributed by atoms with Gasteiger partial charge in [-0.05, 0) is 36.4 Å². The van der Waals surface area contributed by atoms with E-state index < -0.39 is 17.6 Å². The number of carbonyl (C=O) groups is 2. The van der Waals surface area contributed by atoms with Crippen molar-refractivity contribution in [2.75, 3.05) is 0 Å². The van der Waals surface area contributed by atoms with Gasteiger partial charge in [-0.15, -0.1) is 5.10 Å². The minimum atomic E-state index is -0.656. The maximum absolute atomic E-state index is 14.3. The third-order valence-corrected chi connectivity index (χ3v) is 5.55. The van der Waals surface area contributed by atoms with Crippen LogP contribution in [-0.4, -0.2) is 43.3 Å². The smallest absolute Gasteiger partial charge is 0.265 e. The highest BCUT2D eigenvalue weighted by Gasteiger charge is 2.19. The molecule has 0 saturated carbocycles. The molecule has 0 aliphatic carbocycles. The zero-order chi connectivity index (χ0) is 27.1. The molecule has 0 radical (unpaired) electrons. The van der Waals surface area contributed by atoms with E-state index in [-0.39, 0.29) is 40.8 Å². The second-order valence-corrected chi connectivity index (χ2v) is 8.51. The van der Waals surface area contributed by atoms with Gasteiger partial charge in [-0.1, -0.05) is 41.1 Å².